The van der Waals surface area contributed by atoms with E-state index in [1.165, 1.54) is 0 Å². The molecule has 0 heterocycles. The second kappa shape index (κ2) is 8.15. The fraction of sp³-hybridized carbons (Fsp3) is 0.500. The molecule has 2 rings (SSSR count). The van der Waals surface area contributed by atoms with Gasteiger partial charge in [0.15, 0.2) is 0 Å². The molecule has 22 heavy (non-hydrogen) atoms. The van der Waals surface area contributed by atoms with Crippen molar-refractivity contribution in [3.63, 3.8) is 0 Å². The first-order valence-electron chi connectivity index (χ1n) is 7.40. The molecule has 1 aliphatic carbocycles. The number of nitrogens with two attached hydrogens (primary N) is 1. The summed E-state index contributed by atoms with van der Waals surface area (Å²) >= 11 is 0. The summed E-state index contributed by atoms with van der Waals surface area (Å²) in [6, 6.07) is 9.17. The highest BCUT2D eigenvalue weighted by atomic mass is 35.5. The largest absolute Gasteiger partial charge is 0.347 e. The third kappa shape index (κ3) is 5.00. The van der Waals surface area contributed by atoms with Crippen molar-refractivity contribution < 1.29 is 9.59 Å². The van der Waals surface area contributed by atoms with Crippen LogP contribution in [0.4, 0.5) is 5.69 Å². The van der Waals surface area contributed by atoms with Gasteiger partial charge in [-0.3, -0.25) is 9.59 Å². The Morgan fingerprint density at radius 2 is 1.95 bits per heavy atom. The zero-order valence-corrected chi connectivity index (χ0v) is 13.6. The Morgan fingerprint density at radius 1 is 1.27 bits per heavy atom. The van der Waals surface area contributed by atoms with Crippen LogP contribution >= 0.6 is 12.4 Å². The van der Waals surface area contributed by atoms with Gasteiger partial charge in [0.25, 0.3) is 0 Å². The topological polar surface area (TPSA) is 84.2 Å². The molecule has 1 aliphatic rings. The van der Waals surface area contributed by atoms with E-state index in [0.717, 1.165) is 31.4 Å². The number of carbonyl (C=O) groups excluding carboxylic acids is 2. The van der Waals surface area contributed by atoms with Gasteiger partial charge in [-0.25, -0.2) is 0 Å². The smallest absolute Gasteiger partial charge is 0.243 e. The zero-order chi connectivity index (χ0) is 15.3. The van der Waals surface area contributed by atoms with Crippen LogP contribution in [0.25, 0.3) is 0 Å². The Morgan fingerprint density at radius 3 is 2.59 bits per heavy atom. The summed E-state index contributed by atoms with van der Waals surface area (Å²) in [7, 11) is 0. The van der Waals surface area contributed by atoms with Gasteiger partial charge in [-0.1, -0.05) is 31.0 Å². The molecule has 4 N–H and O–H groups in total. The Hall–Kier alpha value is -1.59. The van der Waals surface area contributed by atoms with Crippen molar-refractivity contribution in [3.05, 3.63) is 30.3 Å². The third-order valence-corrected chi connectivity index (χ3v) is 4.05. The number of anilines is 1. The number of benzene rings is 1. The molecule has 2 amide bonds. The van der Waals surface area contributed by atoms with Crippen LogP contribution in [-0.2, 0) is 9.59 Å². The number of halogens is 1. The molecule has 1 fully saturated rings. The lowest BCUT2D eigenvalue weighted by atomic mass is 9.74. The Bertz CT molecular complexity index is 505. The molecule has 1 aromatic carbocycles. The van der Waals surface area contributed by atoms with Gasteiger partial charge in [-0.05, 0) is 31.9 Å². The van der Waals surface area contributed by atoms with Crippen LogP contribution in [-0.4, -0.2) is 23.9 Å². The maximum absolute atomic E-state index is 12.2. The van der Waals surface area contributed by atoms with Crippen LogP contribution in [0.3, 0.4) is 0 Å². The van der Waals surface area contributed by atoms with E-state index in [2.05, 4.69) is 10.6 Å². The average molecular weight is 326 g/mol. The lowest BCUT2D eigenvalue weighted by Gasteiger charge is -2.37. The third-order valence-electron chi connectivity index (χ3n) is 4.05. The van der Waals surface area contributed by atoms with Crippen molar-refractivity contribution in [2.24, 2.45) is 11.7 Å². The molecule has 122 valence electrons. The van der Waals surface area contributed by atoms with Crippen LogP contribution in [0.1, 0.15) is 32.6 Å². The Kier molecular flexibility index (Phi) is 6.84. The summed E-state index contributed by atoms with van der Waals surface area (Å²) in [5.74, 6) is -0.567. The van der Waals surface area contributed by atoms with E-state index < -0.39 is 5.54 Å². The molecule has 0 aromatic heterocycles. The fourth-order valence-corrected chi connectivity index (χ4v) is 2.81. The molecule has 2 atom stereocenters. The Balaban J connectivity index is 0.00000242. The lowest BCUT2D eigenvalue weighted by molar-refractivity contribution is -0.130. The van der Waals surface area contributed by atoms with Gasteiger partial charge in [0.2, 0.25) is 11.8 Å². The molecule has 1 aromatic rings. The van der Waals surface area contributed by atoms with E-state index in [0.29, 0.717) is 0 Å². The molecular weight excluding hydrogens is 302 g/mol. The predicted octanol–water partition coefficient (Wildman–Crippen LogP) is 2.07. The molecule has 0 radical (unpaired) electrons. The first kappa shape index (κ1) is 18.5. The molecule has 0 bridgehead atoms. The highest BCUT2D eigenvalue weighted by molar-refractivity contribution is 5.94. The molecular formula is C16H24ClN3O2. The first-order chi connectivity index (χ1) is 9.99. The van der Waals surface area contributed by atoms with Gasteiger partial charge in [-0.2, -0.15) is 0 Å². The van der Waals surface area contributed by atoms with Crippen molar-refractivity contribution in [1.29, 1.82) is 0 Å². The van der Waals surface area contributed by atoms with Gasteiger partial charge in [0.05, 0.1) is 12.5 Å². The quantitative estimate of drug-likeness (QED) is 0.792. The van der Waals surface area contributed by atoms with Crippen molar-refractivity contribution in [2.75, 3.05) is 11.9 Å². The minimum Gasteiger partial charge on any atom is -0.347 e. The van der Waals surface area contributed by atoms with Crippen molar-refractivity contribution in [1.82, 2.24) is 5.32 Å². The highest BCUT2D eigenvalue weighted by Crippen LogP contribution is 2.31. The molecule has 2 unspecified atom stereocenters. The second-order valence-electron chi connectivity index (χ2n) is 5.94. The minimum atomic E-state index is -0.474. The van der Waals surface area contributed by atoms with E-state index in [4.69, 9.17) is 5.73 Å². The minimum absolute atomic E-state index is 0. The van der Waals surface area contributed by atoms with Gasteiger partial charge in [0.1, 0.15) is 0 Å². The second-order valence-corrected chi connectivity index (χ2v) is 5.94. The van der Waals surface area contributed by atoms with E-state index in [9.17, 15) is 9.59 Å². The van der Waals surface area contributed by atoms with Crippen LogP contribution in [0, 0.1) is 5.92 Å². The standard InChI is InChI=1S/C16H23N3O2.ClH/c1-16(17)10-6-5-9-13(16)15(21)18-11-14(20)19-12-7-3-2-4-8-12;/h2-4,7-8,13H,5-6,9-11,17H2,1H3,(H,18,21)(H,19,20);1H. The van der Waals surface area contributed by atoms with Crippen molar-refractivity contribution in [2.45, 2.75) is 38.1 Å². The SMILES string of the molecule is CC1(N)CCCCC1C(=O)NCC(=O)Nc1ccccc1.Cl. The highest BCUT2D eigenvalue weighted by Gasteiger charge is 2.37. The Labute approximate surface area is 137 Å². The number of carbonyl (C=O) groups is 2. The monoisotopic (exact) mass is 325 g/mol. The van der Waals surface area contributed by atoms with Gasteiger partial charge < -0.3 is 16.4 Å². The first-order valence-corrected chi connectivity index (χ1v) is 7.40. The molecule has 1 saturated carbocycles. The van der Waals surface area contributed by atoms with E-state index in [1.54, 1.807) is 12.1 Å². The van der Waals surface area contributed by atoms with Crippen molar-refractivity contribution >= 4 is 29.9 Å². The van der Waals surface area contributed by atoms with Crippen LogP contribution < -0.4 is 16.4 Å². The lowest BCUT2D eigenvalue weighted by Crippen LogP contribution is -2.53. The van der Waals surface area contributed by atoms with Gasteiger partial charge in [0, 0.05) is 11.2 Å². The summed E-state index contributed by atoms with van der Waals surface area (Å²) in [6.45, 7) is 1.89. The average Bonchev–Trinajstić information content (AvgIpc) is 2.45. The number of hydrogen-bond donors (Lipinski definition) is 3. The van der Waals surface area contributed by atoms with E-state index in [-0.39, 0.29) is 36.7 Å². The van der Waals surface area contributed by atoms with E-state index in [1.807, 2.05) is 25.1 Å². The number of amides is 2. The van der Waals surface area contributed by atoms with Crippen molar-refractivity contribution in [3.8, 4) is 0 Å². The number of para-hydroxylation sites is 1. The van der Waals surface area contributed by atoms with Gasteiger partial charge in [-0.15, -0.1) is 12.4 Å². The fourth-order valence-electron chi connectivity index (χ4n) is 2.81. The summed E-state index contributed by atoms with van der Waals surface area (Å²) in [5, 5.41) is 5.43. The normalized spacial score (nSPS) is 24.0. The molecule has 6 heteroatoms. The number of hydrogen-bond acceptors (Lipinski definition) is 3. The number of rotatable bonds is 4. The summed E-state index contributed by atoms with van der Waals surface area (Å²) < 4.78 is 0. The van der Waals surface area contributed by atoms with Gasteiger partial charge >= 0.3 is 0 Å². The van der Waals surface area contributed by atoms with Crippen LogP contribution in [0.5, 0.6) is 0 Å². The molecule has 0 aliphatic heterocycles. The maximum Gasteiger partial charge on any atom is 0.243 e. The molecule has 5 nitrogen and oxygen atoms in total. The van der Waals surface area contributed by atoms with Crippen LogP contribution in [0.15, 0.2) is 30.3 Å². The number of nitrogens with one attached hydrogen (secondary N) is 2. The van der Waals surface area contributed by atoms with E-state index >= 15 is 0 Å². The summed E-state index contributed by atoms with van der Waals surface area (Å²) in [6.07, 6.45) is 3.72. The summed E-state index contributed by atoms with van der Waals surface area (Å²) in [4.78, 5) is 24.0. The zero-order valence-electron chi connectivity index (χ0n) is 12.8. The summed E-state index contributed by atoms with van der Waals surface area (Å²) in [5.41, 5.74) is 6.44. The predicted molar refractivity (Wildman–Crippen MR) is 89.9 cm³/mol. The maximum atomic E-state index is 12.2. The molecule has 0 saturated heterocycles. The van der Waals surface area contributed by atoms with Crippen LogP contribution in [0.2, 0.25) is 0 Å². The molecule has 0 spiro atoms.